The molecular formula is C17H25ClN2O3. The number of carbonyl (C=O) groups is 1. The Labute approximate surface area is 143 Å². The normalized spacial score (nSPS) is 24.1. The summed E-state index contributed by atoms with van der Waals surface area (Å²) in [6.45, 7) is 3.01. The van der Waals surface area contributed by atoms with Crippen LogP contribution in [0.5, 0.6) is 5.75 Å². The molecule has 0 bridgehead atoms. The van der Waals surface area contributed by atoms with Crippen LogP contribution in [0.4, 0.5) is 0 Å². The van der Waals surface area contributed by atoms with Crippen molar-refractivity contribution in [1.29, 1.82) is 0 Å². The zero-order valence-corrected chi connectivity index (χ0v) is 14.3. The van der Waals surface area contributed by atoms with Crippen molar-refractivity contribution in [2.45, 2.75) is 31.3 Å². The van der Waals surface area contributed by atoms with Gasteiger partial charge in [-0.25, -0.2) is 0 Å². The maximum Gasteiger partial charge on any atom is 0.224 e. The summed E-state index contributed by atoms with van der Waals surface area (Å²) in [5, 5.41) is 3.35. The van der Waals surface area contributed by atoms with Gasteiger partial charge in [0.1, 0.15) is 5.75 Å². The Hall–Kier alpha value is -1.30. The van der Waals surface area contributed by atoms with Crippen LogP contribution in [-0.2, 0) is 9.53 Å². The summed E-state index contributed by atoms with van der Waals surface area (Å²) < 4.78 is 10.9. The maximum absolute atomic E-state index is 12.7. The van der Waals surface area contributed by atoms with Gasteiger partial charge in [0.2, 0.25) is 5.91 Å². The average Bonchev–Trinajstić information content (AvgIpc) is 3.05. The molecule has 0 aromatic heterocycles. The maximum atomic E-state index is 12.7. The van der Waals surface area contributed by atoms with Crippen LogP contribution in [-0.4, -0.2) is 50.3 Å². The van der Waals surface area contributed by atoms with Crippen molar-refractivity contribution in [1.82, 2.24) is 10.2 Å². The van der Waals surface area contributed by atoms with Crippen molar-refractivity contribution < 1.29 is 14.3 Å². The molecule has 0 saturated carbocycles. The van der Waals surface area contributed by atoms with E-state index in [-0.39, 0.29) is 30.4 Å². The molecule has 3 rings (SSSR count). The molecule has 0 radical (unpaired) electrons. The number of halogens is 1. The highest BCUT2D eigenvalue weighted by Gasteiger charge is 2.32. The van der Waals surface area contributed by atoms with Crippen LogP contribution < -0.4 is 10.1 Å². The Balaban J connectivity index is 0.00000192. The molecule has 128 valence electrons. The molecule has 2 aliphatic heterocycles. The molecule has 5 nitrogen and oxygen atoms in total. The van der Waals surface area contributed by atoms with Crippen LogP contribution in [0.2, 0.25) is 0 Å². The van der Waals surface area contributed by atoms with E-state index in [1.165, 1.54) is 0 Å². The molecule has 1 aromatic carbocycles. The second-order valence-corrected chi connectivity index (χ2v) is 5.92. The highest BCUT2D eigenvalue weighted by molar-refractivity contribution is 5.85. The first-order valence-electron chi connectivity index (χ1n) is 8.03. The van der Waals surface area contributed by atoms with Crippen molar-refractivity contribution in [3.05, 3.63) is 29.8 Å². The van der Waals surface area contributed by atoms with Crippen LogP contribution in [0.25, 0.3) is 0 Å². The molecule has 2 heterocycles. The third-order valence-corrected chi connectivity index (χ3v) is 4.49. The molecule has 0 spiro atoms. The summed E-state index contributed by atoms with van der Waals surface area (Å²) in [5.41, 5.74) is 1.11. The minimum Gasteiger partial charge on any atom is -0.496 e. The minimum absolute atomic E-state index is 0. The molecule has 0 aliphatic carbocycles. The number of amides is 1. The highest BCUT2D eigenvalue weighted by atomic mass is 35.5. The lowest BCUT2D eigenvalue weighted by Gasteiger charge is -2.29. The molecule has 23 heavy (non-hydrogen) atoms. The van der Waals surface area contributed by atoms with Crippen LogP contribution >= 0.6 is 12.4 Å². The number of hydrogen-bond acceptors (Lipinski definition) is 4. The largest absolute Gasteiger partial charge is 0.496 e. The van der Waals surface area contributed by atoms with Gasteiger partial charge >= 0.3 is 0 Å². The number of para-hydroxylation sites is 1. The van der Waals surface area contributed by atoms with Gasteiger partial charge < -0.3 is 19.7 Å². The number of ether oxygens (including phenoxy) is 2. The first-order valence-corrected chi connectivity index (χ1v) is 8.03. The number of carbonyl (C=O) groups excluding carboxylic acids is 1. The number of rotatable bonds is 4. The molecular weight excluding hydrogens is 316 g/mol. The molecule has 2 unspecified atom stereocenters. The fourth-order valence-electron chi connectivity index (χ4n) is 3.41. The van der Waals surface area contributed by atoms with E-state index in [0.29, 0.717) is 13.0 Å². The van der Waals surface area contributed by atoms with Crippen LogP contribution in [0, 0.1) is 0 Å². The Morgan fingerprint density at radius 1 is 1.43 bits per heavy atom. The zero-order valence-electron chi connectivity index (χ0n) is 13.5. The second kappa shape index (κ2) is 8.52. The Bertz CT molecular complexity index is 520. The lowest BCUT2D eigenvalue weighted by Crippen LogP contribution is -2.45. The van der Waals surface area contributed by atoms with Gasteiger partial charge in [-0.2, -0.15) is 0 Å². The topological polar surface area (TPSA) is 50.8 Å². The third-order valence-electron chi connectivity index (χ3n) is 4.49. The summed E-state index contributed by atoms with van der Waals surface area (Å²) in [5.74, 6) is 1.07. The highest BCUT2D eigenvalue weighted by Crippen LogP contribution is 2.37. The van der Waals surface area contributed by atoms with Gasteiger partial charge in [0.15, 0.2) is 0 Å². The van der Waals surface area contributed by atoms with Crippen molar-refractivity contribution in [3.63, 3.8) is 0 Å². The Morgan fingerprint density at radius 2 is 2.26 bits per heavy atom. The third kappa shape index (κ3) is 4.16. The van der Waals surface area contributed by atoms with Gasteiger partial charge in [-0.15, -0.1) is 12.4 Å². The minimum atomic E-state index is 0. The van der Waals surface area contributed by atoms with Crippen molar-refractivity contribution in [3.8, 4) is 5.75 Å². The summed E-state index contributed by atoms with van der Waals surface area (Å²) in [6.07, 6.45) is 2.55. The average molecular weight is 341 g/mol. The fourth-order valence-corrected chi connectivity index (χ4v) is 3.41. The number of benzene rings is 1. The van der Waals surface area contributed by atoms with Gasteiger partial charge in [-0.1, -0.05) is 18.2 Å². The standard InChI is InChI=1S/C17H24N2O3.ClH/c1-21-16-7-3-2-5-14(16)15-6-4-9-19(15)17(20)11-13-12-22-10-8-18-13;/h2-3,5,7,13,15,18H,4,6,8-12H2,1H3;1H. The van der Waals surface area contributed by atoms with E-state index >= 15 is 0 Å². The van der Waals surface area contributed by atoms with E-state index in [1.54, 1.807) is 7.11 Å². The van der Waals surface area contributed by atoms with Crippen LogP contribution in [0.1, 0.15) is 30.9 Å². The van der Waals surface area contributed by atoms with Gasteiger partial charge in [0, 0.05) is 31.1 Å². The predicted octanol–water partition coefficient (Wildman–Crippen LogP) is 2.16. The quantitative estimate of drug-likeness (QED) is 0.912. The number of hydrogen-bond donors (Lipinski definition) is 1. The second-order valence-electron chi connectivity index (χ2n) is 5.92. The lowest BCUT2D eigenvalue weighted by atomic mass is 10.0. The first-order chi connectivity index (χ1) is 10.8. The van der Waals surface area contributed by atoms with E-state index in [4.69, 9.17) is 9.47 Å². The monoisotopic (exact) mass is 340 g/mol. The van der Waals surface area contributed by atoms with Crippen LogP contribution in [0.15, 0.2) is 24.3 Å². The fraction of sp³-hybridized carbons (Fsp3) is 0.588. The Morgan fingerprint density at radius 3 is 3.00 bits per heavy atom. The SMILES string of the molecule is COc1ccccc1C1CCCN1C(=O)CC1COCCN1.Cl. The van der Waals surface area contributed by atoms with Gasteiger partial charge in [-0.05, 0) is 18.9 Å². The summed E-state index contributed by atoms with van der Waals surface area (Å²) >= 11 is 0. The molecule has 1 N–H and O–H groups in total. The summed E-state index contributed by atoms with van der Waals surface area (Å²) in [6, 6.07) is 8.28. The van der Waals surface area contributed by atoms with Gasteiger partial charge in [0.05, 0.1) is 26.4 Å². The molecule has 2 aliphatic rings. The van der Waals surface area contributed by atoms with Crippen molar-refractivity contribution >= 4 is 18.3 Å². The molecule has 2 saturated heterocycles. The predicted molar refractivity (Wildman–Crippen MR) is 91.2 cm³/mol. The summed E-state index contributed by atoms with van der Waals surface area (Å²) in [4.78, 5) is 14.7. The number of morpholine rings is 1. The first kappa shape index (κ1) is 18.0. The van der Waals surface area contributed by atoms with Gasteiger partial charge in [-0.3, -0.25) is 4.79 Å². The van der Waals surface area contributed by atoms with Crippen molar-refractivity contribution in [2.24, 2.45) is 0 Å². The number of nitrogens with zero attached hydrogens (tertiary/aromatic N) is 1. The summed E-state index contributed by atoms with van der Waals surface area (Å²) in [7, 11) is 1.68. The smallest absolute Gasteiger partial charge is 0.224 e. The van der Waals surface area contributed by atoms with E-state index < -0.39 is 0 Å². The van der Waals surface area contributed by atoms with Gasteiger partial charge in [0.25, 0.3) is 0 Å². The lowest BCUT2D eigenvalue weighted by molar-refractivity contribution is -0.133. The van der Waals surface area contributed by atoms with Crippen molar-refractivity contribution in [2.75, 3.05) is 33.4 Å². The molecule has 2 atom stereocenters. The van der Waals surface area contributed by atoms with E-state index in [1.807, 2.05) is 23.1 Å². The number of likely N-dealkylation sites (tertiary alicyclic amines) is 1. The molecule has 1 aromatic rings. The Kier molecular flexibility index (Phi) is 6.69. The number of methoxy groups -OCH3 is 1. The molecule has 1 amide bonds. The van der Waals surface area contributed by atoms with Crippen LogP contribution in [0.3, 0.4) is 0 Å². The zero-order chi connectivity index (χ0) is 15.4. The van der Waals surface area contributed by atoms with E-state index in [0.717, 1.165) is 43.9 Å². The van der Waals surface area contributed by atoms with E-state index in [2.05, 4.69) is 11.4 Å². The number of nitrogens with one attached hydrogen (secondary N) is 1. The molecule has 2 fully saturated rings. The van der Waals surface area contributed by atoms with E-state index in [9.17, 15) is 4.79 Å². The molecule has 6 heteroatoms.